The Balaban J connectivity index is 0.000000171. The summed E-state index contributed by atoms with van der Waals surface area (Å²) >= 11 is 0. The maximum atomic E-state index is 2.20. The van der Waals surface area contributed by atoms with Crippen LogP contribution in [0, 0.1) is 27.7 Å². The van der Waals surface area contributed by atoms with Gasteiger partial charge in [0.25, 0.3) is 0 Å². The molecule has 0 saturated heterocycles. The van der Waals surface area contributed by atoms with Gasteiger partial charge in [-0.05, 0) is 62.8 Å². The minimum absolute atomic E-state index is 1.03. The molecule has 152 valence electrons. The largest absolute Gasteiger partial charge is 0.0590 e. The van der Waals surface area contributed by atoms with Crippen molar-refractivity contribution in [2.75, 3.05) is 0 Å². The summed E-state index contributed by atoms with van der Waals surface area (Å²) in [6.45, 7) is 8.48. The molecule has 0 heteroatoms. The maximum Gasteiger partial charge on any atom is -0.00258 e. The molecular formula is C30H32. The van der Waals surface area contributed by atoms with Crippen LogP contribution < -0.4 is 0 Å². The van der Waals surface area contributed by atoms with Gasteiger partial charge in [0.15, 0.2) is 0 Å². The molecule has 0 unspecified atom stereocenters. The molecule has 0 radical (unpaired) electrons. The van der Waals surface area contributed by atoms with Crippen LogP contribution in [0.2, 0.25) is 0 Å². The zero-order chi connectivity index (χ0) is 21.3. The normalized spacial score (nSPS) is 10.3. The Labute approximate surface area is 182 Å². The third-order valence-electron chi connectivity index (χ3n) is 5.30. The van der Waals surface area contributed by atoms with Gasteiger partial charge in [-0.15, -0.1) is 0 Å². The minimum Gasteiger partial charge on any atom is -0.0590 e. The highest BCUT2D eigenvalue weighted by Crippen LogP contribution is 2.12. The summed E-state index contributed by atoms with van der Waals surface area (Å²) in [4.78, 5) is 0. The van der Waals surface area contributed by atoms with E-state index >= 15 is 0 Å². The third kappa shape index (κ3) is 7.04. The summed E-state index contributed by atoms with van der Waals surface area (Å²) in [5, 5.41) is 0. The monoisotopic (exact) mass is 392 g/mol. The Bertz CT molecular complexity index is 843. The van der Waals surface area contributed by atoms with Crippen molar-refractivity contribution in [2.24, 2.45) is 0 Å². The Morgan fingerprint density at radius 1 is 0.300 bits per heavy atom. The molecule has 0 nitrogen and oxygen atoms in total. The molecule has 0 aromatic heterocycles. The van der Waals surface area contributed by atoms with Crippen LogP contribution in [0.4, 0.5) is 0 Å². The highest BCUT2D eigenvalue weighted by Gasteiger charge is 1.96. The number of rotatable bonds is 4. The van der Waals surface area contributed by atoms with Crippen molar-refractivity contribution >= 4 is 0 Å². The molecule has 0 atom stereocenters. The van der Waals surface area contributed by atoms with Crippen molar-refractivity contribution in [1.29, 1.82) is 0 Å². The van der Waals surface area contributed by atoms with Crippen LogP contribution in [0.25, 0.3) is 0 Å². The summed E-state index contributed by atoms with van der Waals surface area (Å²) < 4.78 is 0. The standard InChI is InChI=1S/2C15H16/c2*1-12-3-7-14(8-4-12)11-15-9-5-13(2)6-10-15/h2*3-10H,11H2,1-2H3. The zero-order valence-electron chi connectivity index (χ0n) is 18.7. The van der Waals surface area contributed by atoms with Crippen LogP contribution in [0.1, 0.15) is 44.5 Å². The summed E-state index contributed by atoms with van der Waals surface area (Å²) in [6, 6.07) is 35.0. The second-order valence-corrected chi connectivity index (χ2v) is 8.30. The van der Waals surface area contributed by atoms with Crippen LogP contribution in [0.5, 0.6) is 0 Å². The molecule has 0 aliphatic rings. The molecule has 0 amide bonds. The maximum absolute atomic E-state index is 2.20. The van der Waals surface area contributed by atoms with Crippen molar-refractivity contribution in [3.63, 3.8) is 0 Å². The van der Waals surface area contributed by atoms with Gasteiger partial charge in [0, 0.05) is 0 Å². The van der Waals surface area contributed by atoms with E-state index in [1.807, 2.05) is 0 Å². The van der Waals surface area contributed by atoms with Gasteiger partial charge < -0.3 is 0 Å². The quantitative estimate of drug-likeness (QED) is 0.332. The van der Waals surface area contributed by atoms with Crippen molar-refractivity contribution in [3.05, 3.63) is 142 Å². The zero-order valence-corrected chi connectivity index (χ0v) is 18.7. The first-order valence-corrected chi connectivity index (χ1v) is 10.7. The fourth-order valence-electron chi connectivity index (χ4n) is 3.30. The number of aryl methyl sites for hydroxylation is 4. The molecule has 0 aliphatic carbocycles. The van der Waals surface area contributed by atoms with Crippen molar-refractivity contribution in [2.45, 2.75) is 40.5 Å². The predicted octanol–water partition coefficient (Wildman–Crippen LogP) is 7.79. The number of hydrogen-bond acceptors (Lipinski definition) is 0. The third-order valence-corrected chi connectivity index (χ3v) is 5.30. The van der Waals surface area contributed by atoms with E-state index in [0.29, 0.717) is 0 Å². The van der Waals surface area contributed by atoms with Gasteiger partial charge in [0.05, 0.1) is 0 Å². The number of benzene rings is 4. The van der Waals surface area contributed by atoms with Crippen molar-refractivity contribution < 1.29 is 0 Å². The fourth-order valence-corrected chi connectivity index (χ4v) is 3.30. The van der Waals surface area contributed by atoms with E-state index in [1.165, 1.54) is 44.5 Å². The number of hydrogen-bond donors (Lipinski definition) is 0. The predicted molar refractivity (Wildman–Crippen MR) is 130 cm³/mol. The van der Waals surface area contributed by atoms with E-state index < -0.39 is 0 Å². The van der Waals surface area contributed by atoms with Gasteiger partial charge in [0.2, 0.25) is 0 Å². The van der Waals surface area contributed by atoms with Crippen molar-refractivity contribution in [3.8, 4) is 0 Å². The van der Waals surface area contributed by atoms with Crippen molar-refractivity contribution in [1.82, 2.24) is 0 Å². The second-order valence-electron chi connectivity index (χ2n) is 8.30. The second kappa shape index (κ2) is 10.6. The first-order valence-electron chi connectivity index (χ1n) is 10.7. The van der Waals surface area contributed by atoms with Gasteiger partial charge in [-0.25, -0.2) is 0 Å². The van der Waals surface area contributed by atoms with Gasteiger partial charge in [-0.2, -0.15) is 0 Å². The van der Waals surface area contributed by atoms with Crippen LogP contribution in [-0.2, 0) is 12.8 Å². The Hall–Kier alpha value is -3.12. The average molecular weight is 393 g/mol. The van der Waals surface area contributed by atoms with Crippen LogP contribution in [0.3, 0.4) is 0 Å². The van der Waals surface area contributed by atoms with Gasteiger partial charge in [-0.1, -0.05) is 119 Å². The van der Waals surface area contributed by atoms with E-state index in [2.05, 4.69) is 125 Å². The molecule has 0 spiro atoms. The molecule has 0 aliphatic heterocycles. The first kappa shape index (κ1) is 21.6. The van der Waals surface area contributed by atoms with Crippen LogP contribution >= 0.6 is 0 Å². The summed E-state index contributed by atoms with van der Waals surface area (Å²) in [6.07, 6.45) is 2.06. The van der Waals surface area contributed by atoms with Gasteiger partial charge in [-0.3, -0.25) is 0 Å². The lowest BCUT2D eigenvalue weighted by molar-refractivity contribution is 1.18. The average Bonchev–Trinajstić information content (AvgIpc) is 2.75. The van der Waals surface area contributed by atoms with Crippen LogP contribution in [0.15, 0.2) is 97.1 Å². The summed E-state index contributed by atoms with van der Waals surface area (Å²) in [5.74, 6) is 0. The Kier molecular flexibility index (Phi) is 7.63. The lowest BCUT2D eigenvalue weighted by Crippen LogP contribution is -1.88. The first-order chi connectivity index (χ1) is 14.5. The Morgan fingerprint density at radius 2 is 0.467 bits per heavy atom. The van der Waals surface area contributed by atoms with E-state index in [4.69, 9.17) is 0 Å². The summed E-state index contributed by atoms with van der Waals surface area (Å²) in [5.41, 5.74) is 10.8. The summed E-state index contributed by atoms with van der Waals surface area (Å²) in [7, 11) is 0. The molecule has 0 N–H and O–H groups in total. The molecule has 4 aromatic carbocycles. The van der Waals surface area contributed by atoms with Gasteiger partial charge in [0.1, 0.15) is 0 Å². The molecule has 0 heterocycles. The molecule has 4 rings (SSSR count). The minimum atomic E-state index is 1.03. The van der Waals surface area contributed by atoms with E-state index in [9.17, 15) is 0 Å². The fraction of sp³-hybridized carbons (Fsp3) is 0.200. The lowest BCUT2D eigenvalue weighted by atomic mass is 10.0. The lowest BCUT2D eigenvalue weighted by Gasteiger charge is -2.03. The SMILES string of the molecule is Cc1ccc(Cc2ccc(C)cc2)cc1.Cc1ccc(Cc2ccc(C)cc2)cc1. The molecule has 30 heavy (non-hydrogen) atoms. The highest BCUT2D eigenvalue weighted by molar-refractivity contribution is 5.31. The molecule has 0 saturated carbocycles. The Morgan fingerprint density at radius 3 is 0.633 bits per heavy atom. The van der Waals surface area contributed by atoms with Crippen LogP contribution in [-0.4, -0.2) is 0 Å². The van der Waals surface area contributed by atoms with Gasteiger partial charge >= 0.3 is 0 Å². The van der Waals surface area contributed by atoms with E-state index in [1.54, 1.807) is 0 Å². The molecule has 0 bridgehead atoms. The molecule has 4 aromatic rings. The molecule has 0 fully saturated rings. The highest BCUT2D eigenvalue weighted by atomic mass is 14.0. The van der Waals surface area contributed by atoms with E-state index in [0.717, 1.165) is 12.8 Å². The molecular weight excluding hydrogens is 360 g/mol. The van der Waals surface area contributed by atoms with E-state index in [-0.39, 0.29) is 0 Å². The topological polar surface area (TPSA) is 0 Å². The smallest absolute Gasteiger partial charge is 0.00258 e.